The third-order valence-electron chi connectivity index (χ3n) is 3.09. The first kappa shape index (κ1) is 13.0. The van der Waals surface area contributed by atoms with Crippen LogP contribution >= 0.6 is 0 Å². The van der Waals surface area contributed by atoms with Crippen LogP contribution in [-0.4, -0.2) is 25.1 Å². The molecule has 0 atom stereocenters. The fourth-order valence-corrected chi connectivity index (χ4v) is 2.15. The number of hydrogen-bond acceptors (Lipinski definition) is 3. The number of nitrogens with zero attached hydrogens (tertiary/aromatic N) is 2. The first-order valence-electron chi connectivity index (χ1n) is 6.03. The molecule has 1 N–H and O–H groups in total. The molecule has 1 aliphatic heterocycles. The van der Waals surface area contributed by atoms with Crippen LogP contribution in [0, 0.1) is 0 Å². The first-order chi connectivity index (χ1) is 8.52. The second-order valence-electron chi connectivity index (χ2n) is 4.36. The molecular weight excluding hydrogens is 243 g/mol. The lowest BCUT2D eigenvalue weighted by Crippen LogP contribution is -2.31. The van der Waals surface area contributed by atoms with Gasteiger partial charge in [0.2, 0.25) is 0 Å². The molecule has 0 saturated carbocycles. The molecule has 1 aliphatic rings. The molecule has 6 heteroatoms. The van der Waals surface area contributed by atoms with Crippen LogP contribution in [0.15, 0.2) is 12.1 Å². The summed E-state index contributed by atoms with van der Waals surface area (Å²) in [4.78, 5) is 5.70. The van der Waals surface area contributed by atoms with Gasteiger partial charge in [0.1, 0.15) is 5.69 Å². The summed E-state index contributed by atoms with van der Waals surface area (Å²) in [6.45, 7) is 1.53. The van der Waals surface area contributed by atoms with E-state index in [0.29, 0.717) is 11.5 Å². The zero-order valence-corrected chi connectivity index (χ0v) is 10.2. The van der Waals surface area contributed by atoms with Gasteiger partial charge >= 0.3 is 6.18 Å². The summed E-state index contributed by atoms with van der Waals surface area (Å²) in [5.41, 5.74) is -0.188. The summed E-state index contributed by atoms with van der Waals surface area (Å²) in [5, 5.41) is 2.90. The molecule has 18 heavy (non-hydrogen) atoms. The van der Waals surface area contributed by atoms with Crippen LogP contribution in [-0.2, 0) is 6.18 Å². The van der Waals surface area contributed by atoms with Crippen molar-refractivity contribution in [2.75, 3.05) is 30.4 Å². The molecule has 0 aromatic carbocycles. The van der Waals surface area contributed by atoms with Crippen LogP contribution in [0.4, 0.5) is 24.7 Å². The lowest BCUT2D eigenvalue weighted by atomic mass is 10.1. The highest BCUT2D eigenvalue weighted by atomic mass is 19.4. The minimum Gasteiger partial charge on any atom is -0.385 e. The van der Waals surface area contributed by atoms with Crippen molar-refractivity contribution in [1.82, 2.24) is 4.98 Å². The van der Waals surface area contributed by atoms with Gasteiger partial charge in [-0.05, 0) is 31.4 Å². The second-order valence-corrected chi connectivity index (χ2v) is 4.36. The van der Waals surface area contributed by atoms with E-state index in [-0.39, 0.29) is 0 Å². The highest BCUT2D eigenvalue weighted by Crippen LogP contribution is 2.33. The van der Waals surface area contributed by atoms with Gasteiger partial charge in [-0.15, -0.1) is 0 Å². The summed E-state index contributed by atoms with van der Waals surface area (Å²) >= 11 is 0. The molecule has 1 saturated heterocycles. The first-order valence-corrected chi connectivity index (χ1v) is 6.03. The van der Waals surface area contributed by atoms with Crippen molar-refractivity contribution in [2.24, 2.45) is 0 Å². The number of hydrogen-bond donors (Lipinski definition) is 1. The average Bonchev–Trinajstić information content (AvgIpc) is 2.38. The Balaban J connectivity index is 2.35. The quantitative estimate of drug-likeness (QED) is 0.884. The van der Waals surface area contributed by atoms with Crippen molar-refractivity contribution in [1.29, 1.82) is 0 Å². The summed E-state index contributed by atoms with van der Waals surface area (Å²) in [6, 6.07) is 2.46. The van der Waals surface area contributed by atoms with Crippen molar-refractivity contribution in [3.8, 4) is 0 Å². The van der Waals surface area contributed by atoms with Gasteiger partial charge in [-0.3, -0.25) is 0 Å². The Bertz CT molecular complexity index is 412. The normalized spacial score (nSPS) is 16.8. The molecule has 0 radical (unpaired) electrons. The fraction of sp³-hybridized carbons (Fsp3) is 0.583. The van der Waals surface area contributed by atoms with Crippen molar-refractivity contribution < 1.29 is 13.2 Å². The van der Waals surface area contributed by atoms with Crippen LogP contribution in [0.25, 0.3) is 0 Å². The number of anilines is 2. The zero-order chi connectivity index (χ0) is 13.2. The second kappa shape index (κ2) is 5.04. The van der Waals surface area contributed by atoms with E-state index in [1.807, 2.05) is 4.90 Å². The van der Waals surface area contributed by atoms with Gasteiger partial charge in [0, 0.05) is 20.1 Å². The molecular formula is C12H16F3N3. The van der Waals surface area contributed by atoms with E-state index in [1.165, 1.54) is 6.07 Å². The van der Waals surface area contributed by atoms with Crippen LogP contribution < -0.4 is 10.2 Å². The van der Waals surface area contributed by atoms with E-state index < -0.39 is 11.9 Å². The standard InChI is InChI=1S/C12H16F3N3/c1-16-9-5-6-10(12(13,14)15)17-11(9)18-7-3-2-4-8-18/h5-6,16H,2-4,7-8H2,1H3. The average molecular weight is 259 g/mol. The lowest BCUT2D eigenvalue weighted by Gasteiger charge is -2.29. The largest absolute Gasteiger partial charge is 0.433 e. The Morgan fingerprint density at radius 3 is 2.39 bits per heavy atom. The summed E-state index contributed by atoms with van der Waals surface area (Å²) in [5.74, 6) is 0.409. The van der Waals surface area contributed by atoms with Crippen molar-refractivity contribution in [3.63, 3.8) is 0 Å². The predicted octanol–water partition coefficient (Wildman–Crippen LogP) is 3.13. The molecule has 1 fully saturated rings. The minimum absolute atomic E-state index is 0.409. The van der Waals surface area contributed by atoms with E-state index in [1.54, 1.807) is 7.05 Å². The molecule has 1 aromatic heterocycles. The molecule has 2 heterocycles. The molecule has 3 nitrogen and oxygen atoms in total. The van der Waals surface area contributed by atoms with Crippen LogP contribution in [0.3, 0.4) is 0 Å². The van der Waals surface area contributed by atoms with E-state index >= 15 is 0 Å². The number of halogens is 3. The van der Waals surface area contributed by atoms with E-state index in [2.05, 4.69) is 10.3 Å². The maximum absolute atomic E-state index is 12.7. The number of piperidine rings is 1. The third-order valence-corrected chi connectivity index (χ3v) is 3.09. The van der Waals surface area contributed by atoms with Crippen LogP contribution in [0.1, 0.15) is 25.0 Å². The van der Waals surface area contributed by atoms with E-state index in [0.717, 1.165) is 38.4 Å². The maximum atomic E-state index is 12.7. The summed E-state index contributed by atoms with van der Waals surface area (Å²) in [6.07, 6.45) is -1.26. The van der Waals surface area contributed by atoms with E-state index in [4.69, 9.17) is 0 Å². The monoisotopic (exact) mass is 259 g/mol. The van der Waals surface area contributed by atoms with Crippen molar-refractivity contribution in [3.05, 3.63) is 17.8 Å². The van der Waals surface area contributed by atoms with Gasteiger partial charge in [-0.1, -0.05) is 0 Å². The number of pyridine rings is 1. The summed E-state index contributed by atoms with van der Waals surface area (Å²) < 4.78 is 38.0. The van der Waals surface area contributed by atoms with Gasteiger partial charge in [0.05, 0.1) is 5.69 Å². The number of nitrogens with one attached hydrogen (secondary N) is 1. The topological polar surface area (TPSA) is 28.2 Å². The number of aromatic nitrogens is 1. The Morgan fingerprint density at radius 1 is 1.17 bits per heavy atom. The van der Waals surface area contributed by atoms with Crippen molar-refractivity contribution in [2.45, 2.75) is 25.4 Å². The minimum atomic E-state index is -4.39. The third kappa shape index (κ3) is 2.68. The van der Waals surface area contributed by atoms with E-state index in [9.17, 15) is 13.2 Å². The molecule has 1 aromatic rings. The number of alkyl halides is 3. The molecule has 0 bridgehead atoms. The Kier molecular flexibility index (Phi) is 3.63. The van der Waals surface area contributed by atoms with Gasteiger partial charge < -0.3 is 10.2 Å². The predicted molar refractivity (Wildman–Crippen MR) is 64.8 cm³/mol. The maximum Gasteiger partial charge on any atom is 0.433 e. The van der Waals surface area contributed by atoms with Gasteiger partial charge in [0.15, 0.2) is 5.82 Å². The Labute approximate surface area is 104 Å². The lowest BCUT2D eigenvalue weighted by molar-refractivity contribution is -0.141. The van der Waals surface area contributed by atoms with Gasteiger partial charge in [-0.2, -0.15) is 13.2 Å². The highest BCUT2D eigenvalue weighted by molar-refractivity contribution is 5.66. The Hall–Kier alpha value is -1.46. The SMILES string of the molecule is CNc1ccc(C(F)(F)F)nc1N1CCCCC1. The smallest absolute Gasteiger partial charge is 0.385 e. The Morgan fingerprint density at radius 2 is 1.83 bits per heavy atom. The molecule has 0 amide bonds. The number of rotatable bonds is 2. The molecule has 100 valence electrons. The fourth-order valence-electron chi connectivity index (χ4n) is 2.15. The van der Waals surface area contributed by atoms with Gasteiger partial charge in [0.25, 0.3) is 0 Å². The zero-order valence-electron chi connectivity index (χ0n) is 10.2. The summed E-state index contributed by atoms with van der Waals surface area (Å²) in [7, 11) is 1.69. The van der Waals surface area contributed by atoms with Crippen molar-refractivity contribution >= 4 is 11.5 Å². The highest BCUT2D eigenvalue weighted by Gasteiger charge is 2.33. The van der Waals surface area contributed by atoms with Crippen LogP contribution in [0.5, 0.6) is 0 Å². The van der Waals surface area contributed by atoms with Crippen LogP contribution in [0.2, 0.25) is 0 Å². The molecule has 2 rings (SSSR count). The van der Waals surface area contributed by atoms with Gasteiger partial charge in [-0.25, -0.2) is 4.98 Å². The molecule has 0 spiro atoms. The molecule has 0 aliphatic carbocycles. The molecule has 0 unspecified atom stereocenters.